The number of nitrogens with zero attached hydrogens (tertiary/aromatic N) is 1. The van der Waals surface area contributed by atoms with E-state index in [1.807, 2.05) is 0 Å². The van der Waals surface area contributed by atoms with Gasteiger partial charge in [-0.25, -0.2) is 4.98 Å². The Kier molecular flexibility index (Phi) is 7.53. The summed E-state index contributed by atoms with van der Waals surface area (Å²) in [6.07, 6.45) is -1.01. The molecule has 180 valence electrons. The van der Waals surface area contributed by atoms with E-state index >= 15 is 0 Å². The number of carbonyl (C=O) groups is 2. The van der Waals surface area contributed by atoms with Crippen LogP contribution >= 0.6 is 35.3 Å². The van der Waals surface area contributed by atoms with E-state index < -0.39 is 17.6 Å². The number of aromatic nitrogens is 1. The lowest BCUT2D eigenvalue weighted by Gasteiger charge is -2.09. The van der Waals surface area contributed by atoms with Gasteiger partial charge in [-0.2, -0.15) is 13.2 Å². The number of para-hydroxylation sites is 1. The monoisotopic (exact) mass is 535 g/mol. The van der Waals surface area contributed by atoms with Crippen LogP contribution in [0.5, 0.6) is 5.75 Å². The van der Waals surface area contributed by atoms with Gasteiger partial charge in [0.2, 0.25) is 0 Å². The van der Waals surface area contributed by atoms with E-state index in [0.717, 1.165) is 23.9 Å². The molecular weight excluding hydrogens is 519 g/mol. The van der Waals surface area contributed by atoms with Crippen molar-refractivity contribution in [1.82, 2.24) is 10.3 Å². The van der Waals surface area contributed by atoms with Crippen molar-refractivity contribution in [2.75, 3.05) is 11.9 Å². The molecule has 3 aromatic rings. The summed E-state index contributed by atoms with van der Waals surface area (Å²) in [7, 11) is 0. The highest BCUT2D eigenvalue weighted by molar-refractivity contribution is 8.26. The minimum atomic E-state index is -4.41. The van der Waals surface area contributed by atoms with Crippen LogP contribution in [0.4, 0.5) is 18.3 Å². The molecule has 2 heterocycles. The van der Waals surface area contributed by atoms with E-state index in [1.54, 1.807) is 36.4 Å². The van der Waals surface area contributed by atoms with Crippen molar-refractivity contribution in [3.05, 3.63) is 81.2 Å². The maximum Gasteiger partial charge on any atom is 0.416 e. The number of hydrogen-bond donors (Lipinski definition) is 2. The van der Waals surface area contributed by atoms with Crippen LogP contribution in [0.15, 0.2) is 59.6 Å². The van der Waals surface area contributed by atoms with Crippen molar-refractivity contribution >= 4 is 62.7 Å². The molecule has 1 aromatic heterocycles. The predicted octanol–water partition coefficient (Wildman–Crippen LogP) is 5.26. The van der Waals surface area contributed by atoms with Crippen molar-refractivity contribution < 1.29 is 27.5 Å². The number of nitrogens with one attached hydrogen (secondary N) is 2. The van der Waals surface area contributed by atoms with Gasteiger partial charge in [0.05, 0.1) is 10.5 Å². The van der Waals surface area contributed by atoms with E-state index in [1.165, 1.54) is 23.6 Å². The van der Waals surface area contributed by atoms with Crippen LogP contribution in [-0.4, -0.2) is 27.7 Å². The molecule has 1 saturated heterocycles. The van der Waals surface area contributed by atoms with E-state index in [9.17, 15) is 22.8 Å². The molecule has 0 unspecified atom stereocenters. The lowest BCUT2D eigenvalue weighted by molar-refractivity contribution is -0.137. The molecule has 0 saturated carbocycles. The van der Waals surface area contributed by atoms with Crippen LogP contribution in [0, 0.1) is 0 Å². The number of anilines is 1. The number of thiocarbonyl (C=S) groups is 1. The zero-order chi connectivity index (χ0) is 25.0. The highest BCUT2D eigenvalue weighted by atomic mass is 32.2. The molecule has 0 bridgehead atoms. The van der Waals surface area contributed by atoms with Crippen molar-refractivity contribution in [2.24, 2.45) is 0 Å². The Balaban J connectivity index is 1.35. The Labute approximate surface area is 211 Å². The molecule has 2 amide bonds. The Morgan fingerprint density at radius 2 is 2.00 bits per heavy atom. The Hall–Kier alpha value is -3.22. The molecule has 12 heteroatoms. The smallest absolute Gasteiger partial charge is 0.416 e. The number of alkyl halides is 3. The molecule has 0 spiro atoms. The third-order valence-corrected chi connectivity index (χ3v) is 6.71. The molecule has 1 aliphatic rings. The standard InChI is InChI=1S/C23H16F3N3O3S3/c24-23(25,26)15-6-3-4-13(8-15)9-16-11-27-21(34-16)28-19(30)12-32-17-7-2-1-5-14(17)10-18-20(31)29-22(33)35-18/h1-8,10-11H,9,12H2,(H,27,28,30)(H,29,31,33)/b18-10-. The molecule has 6 nitrogen and oxygen atoms in total. The number of benzene rings is 2. The average molecular weight is 536 g/mol. The first-order valence-corrected chi connectivity index (χ1v) is 12.1. The van der Waals surface area contributed by atoms with Crippen LogP contribution in [0.25, 0.3) is 6.08 Å². The molecule has 0 radical (unpaired) electrons. The second-order valence-corrected chi connectivity index (χ2v) is 10.1. The first-order valence-electron chi connectivity index (χ1n) is 10.0. The number of ether oxygens (including phenoxy) is 1. The van der Waals surface area contributed by atoms with Crippen LogP contribution in [0.1, 0.15) is 21.6 Å². The number of carbonyl (C=O) groups excluding carboxylic acids is 2. The van der Waals surface area contributed by atoms with E-state index in [0.29, 0.717) is 36.1 Å². The van der Waals surface area contributed by atoms with Crippen molar-refractivity contribution in [3.63, 3.8) is 0 Å². The predicted molar refractivity (Wildman–Crippen MR) is 133 cm³/mol. The molecule has 2 N–H and O–H groups in total. The lowest BCUT2D eigenvalue weighted by Crippen LogP contribution is -2.20. The number of thioether (sulfide) groups is 1. The van der Waals surface area contributed by atoms with Gasteiger partial charge < -0.3 is 10.1 Å². The minimum Gasteiger partial charge on any atom is -0.483 e. The Morgan fingerprint density at radius 1 is 1.20 bits per heavy atom. The second kappa shape index (κ2) is 10.6. The summed E-state index contributed by atoms with van der Waals surface area (Å²) in [6.45, 7) is -0.305. The van der Waals surface area contributed by atoms with Gasteiger partial charge in [-0.1, -0.05) is 60.4 Å². The third kappa shape index (κ3) is 6.68. The normalized spacial score (nSPS) is 14.8. The van der Waals surface area contributed by atoms with Crippen molar-refractivity contribution in [1.29, 1.82) is 0 Å². The highest BCUT2D eigenvalue weighted by Gasteiger charge is 2.30. The number of amides is 2. The first-order chi connectivity index (χ1) is 16.7. The minimum absolute atomic E-state index is 0.255. The van der Waals surface area contributed by atoms with Crippen LogP contribution in [0.3, 0.4) is 0 Å². The molecule has 1 fully saturated rings. The maximum atomic E-state index is 12.9. The summed E-state index contributed by atoms with van der Waals surface area (Å²) in [6, 6.07) is 12.0. The van der Waals surface area contributed by atoms with E-state index in [2.05, 4.69) is 15.6 Å². The number of thiazole rings is 1. The first kappa shape index (κ1) is 24.9. The Morgan fingerprint density at radius 3 is 2.74 bits per heavy atom. The SMILES string of the molecule is O=C(COc1ccccc1/C=C1\SC(=S)NC1=O)Nc1ncc(Cc2cccc(C(F)(F)F)c2)s1. The van der Waals surface area contributed by atoms with Gasteiger partial charge in [0.15, 0.2) is 11.7 Å². The third-order valence-electron chi connectivity index (χ3n) is 4.64. The van der Waals surface area contributed by atoms with Gasteiger partial charge in [0.25, 0.3) is 11.8 Å². The summed E-state index contributed by atoms with van der Waals surface area (Å²) >= 11 is 7.29. The van der Waals surface area contributed by atoms with Gasteiger partial charge >= 0.3 is 6.18 Å². The van der Waals surface area contributed by atoms with Gasteiger partial charge in [-0.3, -0.25) is 14.9 Å². The highest BCUT2D eigenvalue weighted by Crippen LogP contribution is 2.31. The molecule has 35 heavy (non-hydrogen) atoms. The van der Waals surface area contributed by atoms with Crippen molar-refractivity contribution in [3.8, 4) is 5.75 Å². The van der Waals surface area contributed by atoms with Gasteiger partial charge in [0, 0.05) is 23.1 Å². The molecule has 2 aromatic carbocycles. The molecule has 0 atom stereocenters. The van der Waals surface area contributed by atoms with Gasteiger partial charge in [0.1, 0.15) is 10.1 Å². The van der Waals surface area contributed by atoms with E-state index in [4.69, 9.17) is 17.0 Å². The van der Waals surface area contributed by atoms with Crippen LogP contribution in [-0.2, 0) is 22.2 Å². The summed E-state index contributed by atoms with van der Waals surface area (Å²) in [5.41, 5.74) is 0.390. The number of halogens is 3. The fraction of sp³-hybridized carbons (Fsp3) is 0.130. The topological polar surface area (TPSA) is 80.3 Å². The van der Waals surface area contributed by atoms with Crippen LogP contribution < -0.4 is 15.4 Å². The van der Waals surface area contributed by atoms with Crippen molar-refractivity contribution in [2.45, 2.75) is 12.6 Å². The van der Waals surface area contributed by atoms with Crippen LogP contribution in [0.2, 0.25) is 0 Å². The molecule has 4 rings (SSSR count). The molecule has 1 aliphatic heterocycles. The zero-order valence-electron chi connectivity index (χ0n) is 17.7. The fourth-order valence-electron chi connectivity index (χ4n) is 3.10. The average Bonchev–Trinajstić information content (AvgIpc) is 3.37. The Bertz CT molecular complexity index is 1320. The molecule has 0 aliphatic carbocycles. The molecular formula is C23H16F3N3O3S3. The largest absolute Gasteiger partial charge is 0.483 e. The van der Waals surface area contributed by atoms with Gasteiger partial charge in [-0.05, 0) is 23.8 Å². The van der Waals surface area contributed by atoms with Gasteiger partial charge in [-0.15, -0.1) is 11.3 Å². The summed E-state index contributed by atoms with van der Waals surface area (Å²) in [5.74, 6) is -0.343. The quantitative estimate of drug-likeness (QED) is 0.318. The summed E-state index contributed by atoms with van der Waals surface area (Å²) in [4.78, 5) is 29.5. The second-order valence-electron chi connectivity index (χ2n) is 7.23. The maximum absolute atomic E-state index is 12.9. The fourth-order valence-corrected chi connectivity index (χ4v) is 5.00. The summed E-state index contributed by atoms with van der Waals surface area (Å²) in [5, 5.41) is 5.47. The summed E-state index contributed by atoms with van der Waals surface area (Å²) < 4.78 is 44.7. The lowest BCUT2D eigenvalue weighted by atomic mass is 10.1. The number of rotatable bonds is 7. The zero-order valence-corrected chi connectivity index (χ0v) is 20.2. The van der Waals surface area contributed by atoms with E-state index in [-0.39, 0.29) is 18.9 Å². The number of hydrogen-bond acceptors (Lipinski definition) is 7.